The number of benzene rings is 1. The number of carbonyl (C=O) groups is 2. The summed E-state index contributed by atoms with van der Waals surface area (Å²) in [6, 6.07) is 6.95. The molecule has 1 atom stereocenters. The molecule has 7 nitrogen and oxygen atoms in total. The molecule has 138 valence electrons. The molecule has 0 radical (unpaired) electrons. The molecule has 1 aromatic carbocycles. The minimum absolute atomic E-state index is 0.0106. The Hall–Kier alpha value is -1.93. The Morgan fingerprint density at radius 2 is 1.92 bits per heavy atom. The molecule has 1 unspecified atom stereocenters. The van der Waals surface area contributed by atoms with Crippen molar-refractivity contribution in [3.05, 3.63) is 35.4 Å². The van der Waals surface area contributed by atoms with Gasteiger partial charge in [0.1, 0.15) is 5.75 Å². The summed E-state index contributed by atoms with van der Waals surface area (Å²) in [6.45, 7) is 2.08. The van der Waals surface area contributed by atoms with Crippen LogP contribution in [0.25, 0.3) is 0 Å². The molecule has 0 aromatic heterocycles. The molecule has 1 fully saturated rings. The van der Waals surface area contributed by atoms with E-state index in [0.29, 0.717) is 18.7 Å². The molecule has 1 aromatic rings. The molecular formula is C17H24N2O5S. The van der Waals surface area contributed by atoms with Gasteiger partial charge in [0.05, 0.1) is 18.8 Å². The Morgan fingerprint density at radius 1 is 1.24 bits per heavy atom. The van der Waals surface area contributed by atoms with E-state index < -0.39 is 21.6 Å². The Bertz CT molecular complexity index is 694. The fourth-order valence-corrected chi connectivity index (χ4v) is 3.99. The lowest BCUT2D eigenvalue weighted by molar-refractivity contribution is -0.137. The number of ether oxygens (including phenoxy) is 1. The number of sulfone groups is 1. The molecule has 1 aliphatic rings. The number of rotatable bonds is 7. The van der Waals surface area contributed by atoms with Crippen LogP contribution in [0.3, 0.4) is 0 Å². The first-order chi connectivity index (χ1) is 11.9. The lowest BCUT2D eigenvalue weighted by Crippen LogP contribution is -2.40. The summed E-state index contributed by atoms with van der Waals surface area (Å²) in [5, 5.41) is 6.12. The molecule has 0 saturated carbocycles. The molecule has 1 heterocycles. The lowest BCUT2D eigenvalue weighted by Gasteiger charge is -2.21. The molecule has 8 heteroatoms. The van der Waals surface area contributed by atoms with Gasteiger partial charge in [0.25, 0.3) is 0 Å². The van der Waals surface area contributed by atoms with Gasteiger partial charge >= 0.3 is 5.97 Å². The van der Waals surface area contributed by atoms with E-state index in [1.54, 1.807) is 24.3 Å². The first-order valence-corrected chi connectivity index (χ1v) is 10.1. The van der Waals surface area contributed by atoms with Crippen LogP contribution in [-0.2, 0) is 36.5 Å². The van der Waals surface area contributed by atoms with Gasteiger partial charge in [0.2, 0.25) is 5.91 Å². The second-order valence-electron chi connectivity index (χ2n) is 6.19. The van der Waals surface area contributed by atoms with Gasteiger partial charge in [-0.05, 0) is 30.5 Å². The largest absolute Gasteiger partial charge is 0.468 e. The number of methoxy groups -OCH3 is 1. The molecule has 2 N–H and O–H groups in total. The van der Waals surface area contributed by atoms with Crippen LogP contribution in [0.2, 0.25) is 0 Å². The number of hydrogen-bond acceptors (Lipinski definition) is 6. The number of carbonyl (C=O) groups excluding carboxylic acids is 2. The predicted molar refractivity (Wildman–Crippen MR) is 93.4 cm³/mol. The molecular weight excluding hydrogens is 344 g/mol. The molecule has 0 spiro atoms. The summed E-state index contributed by atoms with van der Waals surface area (Å²) >= 11 is 0. The fourth-order valence-electron chi connectivity index (χ4n) is 2.71. The normalized spacial score (nSPS) is 17.7. The van der Waals surface area contributed by atoms with Gasteiger partial charge in [-0.15, -0.1) is 0 Å². The van der Waals surface area contributed by atoms with Crippen molar-refractivity contribution < 1.29 is 22.7 Å². The van der Waals surface area contributed by atoms with Crippen molar-refractivity contribution in [1.29, 1.82) is 0 Å². The van der Waals surface area contributed by atoms with E-state index in [9.17, 15) is 18.0 Å². The van der Waals surface area contributed by atoms with Gasteiger partial charge < -0.3 is 15.4 Å². The summed E-state index contributed by atoms with van der Waals surface area (Å²) < 4.78 is 28.1. The van der Waals surface area contributed by atoms with Crippen LogP contribution in [0.5, 0.6) is 0 Å². The van der Waals surface area contributed by atoms with Crippen molar-refractivity contribution in [2.45, 2.75) is 25.1 Å². The van der Waals surface area contributed by atoms with Crippen LogP contribution in [0.1, 0.15) is 24.0 Å². The van der Waals surface area contributed by atoms with Gasteiger partial charge in [-0.25, -0.2) is 8.42 Å². The molecule has 2 rings (SSSR count). The summed E-state index contributed by atoms with van der Waals surface area (Å²) in [6.07, 6.45) is 1.91. The predicted octanol–water partition coefficient (Wildman–Crippen LogP) is 0.390. The number of nitrogens with one attached hydrogen (secondary N) is 2. The highest BCUT2D eigenvalue weighted by Gasteiger charge is 2.20. The number of amides is 1. The quantitative estimate of drug-likeness (QED) is 0.675. The third kappa shape index (κ3) is 6.47. The van der Waals surface area contributed by atoms with Crippen molar-refractivity contribution in [3.63, 3.8) is 0 Å². The maximum absolute atomic E-state index is 12.1. The van der Waals surface area contributed by atoms with E-state index in [-0.39, 0.29) is 17.6 Å². The second-order valence-corrected chi connectivity index (χ2v) is 8.25. The summed E-state index contributed by atoms with van der Waals surface area (Å²) in [5.74, 6) is -1.57. The minimum atomic E-state index is -3.55. The SMILES string of the molecule is COC(=O)CS(=O)(=O)Cc1ccc(CNC(=O)C2CCCNC2)cc1. The summed E-state index contributed by atoms with van der Waals surface area (Å²) in [4.78, 5) is 23.2. The smallest absolute Gasteiger partial charge is 0.320 e. The Labute approximate surface area is 148 Å². The van der Waals surface area contributed by atoms with Crippen molar-refractivity contribution in [3.8, 4) is 0 Å². The third-order valence-electron chi connectivity index (χ3n) is 4.11. The number of piperidine rings is 1. The topological polar surface area (TPSA) is 102 Å². The Kier molecular flexibility index (Phi) is 6.95. The molecule has 1 aliphatic heterocycles. The zero-order valence-corrected chi connectivity index (χ0v) is 15.1. The maximum Gasteiger partial charge on any atom is 0.320 e. The number of hydrogen-bond donors (Lipinski definition) is 2. The monoisotopic (exact) mass is 368 g/mol. The standard InChI is InChI=1S/C17H24N2O5S/c1-24-16(20)12-25(22,23)11-14-6-4-13(5-7-14)9-19-17(21)15-3-2-8-18-10-15/h4-7,15,18H,2-3,8-12H2,1H3,(H,19,21). The van der Waals surface area contributed by atoms with E-state index in [0.717, 1.165) is 32.1 Å². The molecule has 0 bridgehead atoms. The van der Waals surface area contributed by atoms with Crippen LogP contribution in [0, 0.1) is 5.92 Å². The molecule has 25 heavy (non-hydrogen) atoms. The average Bonchev–Trinajstić information content (AvgIpc) is 2.60. The minimum Gasteiger partial charge on any atom is -0.468 e. The van der Waals surface area contributed by atoms with Crippen molar-refractivity contribution in [2.24, 2.45) is 5.92 Å². The van der Waals surface area contributed by atoms with Gasteiger partial charge in [-0.3, -0.25) is 9.59 Å². The van der Waals surface area contributed by atoms with Crippen molar-refractivity contribution in [2.75, 3.05) is 26.0 Å². The van der Waals surface area contributed by atoms with Crippen LogP contribution < -0.4 is 10.6 Å². The first-order valence-electron chi connectivity index (χ1n) is 8.23. The van der Waals surface area contributed by atoms with E-state index in [2.05, 4.69) is 15.4 Å². The van der Waals surface area contributed by atoms with Crippen LogP contribution in [0.4, 0.5) is 0 Å². The maximum atomic E-state index is 12.1. The Morgan fingerprint density at radius 3 is 2.52 bits per heavy atom. The Balaban J connectivity index is 1.85. The van der Waals surface area contributed by atoms with E-state index in [4.69, 9.17) is 0 Å². The van der Waals surface area contributed by atoms with Crippen LogP contribution in [0.15, 0.2) is 24.3 Å². The zero-order valence-electron chi connectivity index (χ0n) is 14.3. The van der Waals surface area contributed by atoms with E-state index in [1.165, 1.54) is 0 Å². The molecule has 1 saturated heterocycles. The summed E-state index contributed by atoms with van der Waals surface area (Å²) in [7, 11) is -2.39. The third-order valence-corrected chi connectivity index (χ3v) is 5.56. The summed E-state index contributed by atoms with van der Waals surface area (Å²) in [5.41, 5.74) is 1.49. The second kappa shape index (κ2) is 8.96. The number of esters is 1. The molecule has 1 amide bonds. The van der Waals surface area contributed by atoms with Gasteiger partial charge in [0.15, 0.2) is 9.84 Å². The van der Waals surface area contributed by atoms with Crippen LogP contribution in [-0.4, -0.2) is 46.2 Å². The van der Waals surface area contributed by atoms with E-state index >= 15 is 0 Å². The van der Waals surface area contributed by atoms with Gasteiger partial charge in [-0.1, -0.05) is 24.3 Å². The van der Waals surface area contributed by atoms with Gasteiger partial charge in [0, 0.05) is 13.1 Å². The van der Waals surface area contributed by atoms with Crippen molar-refractivity contribution >= 4 is 21.7 Å². The first kappa shape index (κ1) is 19.4. The lowest BCUT2D eigenvalue weighted by atomic mass is 9.99. The van der Waals surface area contributed by atoms with Gasteiger partial charge in [-0.2, -0.15) is 0 Å². The fraction of sp³-hybridized carbons (Fsp3) is 0.529. The average molecular weight is 368 g/mol. The molecule has 0 aliphatic carbocycles. The van der Waals surface area contributed by atoms with E-state index in [1.807, 2.05) is 0 Å². The van der Waals surface area contributed by atoms with Crippen LogP contribution >= 0.6 is 0 Å². The highest BCUT2D eigenvalue weighted by atomic mass is 32.2. The zero-order chi connectivity index (χ0) is 18.3. The highest BCUT2D eigenvalue weighted by Crippen LogP contribution is 2.12. The highest BCUT2D eigenvalue weighted by molar-refractivity contribution is 7.91. The van der Waals surface area contributed by atoms with Crippen molar-refractivity contribution in [1.82, 2.24) is 10.6 Å².